The summed E-state index contributed by atoms with van der Waals surface area (Å²) < 4.78 is 0. The van der Waals surface area contributed by atoms with Crippen molar-refractivity contribution in [3.8, 4) is 6.07 Å². The molecule has 2 unspecified atom stereocenters. The van der Waals surface area contributed by atoms with Crippen molar-refractivity contribution in [2.45, 2.75) is 63.3 Å². The molecule has 2 aromatic rings. The molecule has 3 heteroatoms. The summed E-state index contributed by atoms with van der Waals surface area (Å²) in [5, 5.41) is 7.64. The fourth-order valence-electron chi connectivity index (χ4n) is 3.92. The van der Waals surface area contributed by atoms with Crippen LogP contribution in [0.5, 0.6) is 0 Å². The molecule has 2 atom stereocenters. The van der Waals surface area contributed by atoms with E-state index in [2.05, 4.69) is 66.5 Å². The highest BCUT2D eigenvalue weighted by atomic mass is 35.5. The largest absolute Gasteiger partial charge is 0.302 e. The van der Waals surface area contributed by atoms with E-state index in [9.17, 15) is 0 Å². The van der Waals surface area contributed by atoms with Crippen LogP contribution in [0.4, 0.5) is 0 Å². The van der Waals surface area contributed by atoms with Crippen LogP contribution in [0.25, 0.3) is 0 Å². The Balaban J connectivity index is 0.000000878. The minimum Gasteiger partial charge on any atom is -0.302 e. The SMILES string of the molecule is CC#N.CN(CCCc1ccc(C2CCCCC2Cl)cc1)Cc1ccccc1. The molecule has 2 aromatic carbocycles. The van der Waals surface area contributed by atoms with Gasteiger partial charge in [-0.05, 0) is 56.0 Å². The van der Waals surface area contributed by atoms with Gasteiger partial charge in [0, 0.05) is 24.8 Å². The first-order valence-electron chi connectivity index (χ1n) is 10.4. The van der Waals surface area contributed by atoms with E-state index < -0.39 is 0 Å². The average Bonchev–Trinajstić information content (AvgIpc) is 2.70. The lowest BCUT2D eigenvalue weighted by Gasteiger charge is -2.27. The van der Waals surface area contributed by atoms with E-state index >= 15 is 0 Å². The molecule has 0 amide bonds. The van der Waals surface area contributed by atoms with Crippen molar-refractivity contribution in [3.63, 3.8) is 0 Å². The van der Waals surface area contributed by atoms with E-state index in [1.165, 1.54) is 55.7 Å². The average molecular weight is 397 g/mol. The predicted octanol–water partition coefficient (Wildman–Crippen LogP) is 6.55. The number of hydrogen-bond donors (Lipinski definition) is 0. The first-order valence-corrected chi connectivity index (χ1v) is 10.8. The summed E-state index contributed by atoms with van der Waals surface area (Å²) in [6.45, 7) is 3.58. The quantitative estimate of drug-likeness (QED) is 0.496. The van der Waals surface area contributed by atoms with E-state index in [0.29, 0.717) is 11.3 Å². The van der Waals surface area contributed by atoms with E-state index in [4.69, 9.17) is 16.9 Å². The van der Waals surface area contributed by atoms with Gasteiger partial charge in [0.1, 0.15) is 0 Å². The molecule has 0 aromatic heterocycles. The molecule has 3 rings (SSSR count). The number of nitrogens with zero attached hydrogens (tertiary/aromatic N) is 2. The third-order valence-electron chi connectivity index (χ3n) is 5.39. The topological polar surface area (TPSA) is 27.0 Å². The lowest BCUT2D eigenvalue weighted by atomic mass is 9.83. The summed E-state index contributed by atoms with van der Waals surface area (Å²) in [4.78, 5) is 2.41. The molecule has 0 heterocycles. The molecule has 1 aliphatic carbocycles. The summed E-state index contributed by atoms with van der Waals surface area (Å²) in [5.41, 5.74) is 4.26. The van der Waals surface area contributed by atoms with Gasteiger partial charge in [-0.15, -0.1) is 11.6 Å². The Kier molecular flexibility index (Phi) is 10.1. The third kappa shape index (κ3) is 7.66. The molecule has 1 fully saturated rings. The highest BCUT2D eigenvalue weighted by molar-refractivity contribution is 6.21. The van der Waals surface area contributed by atoms with Gasteiger partial charge in [-0.25, -0.2) is 0 Å². The number of halogens is 1. The minimum absolute atomic E-state index is 0.325. The van der Waals surface area contributed by atoms with E-state index in [1.54, 1.807) is 6.07 Å². The maximum absolute atomic E-state index is 7.32. The van der Waals surface area contributed by atoms with Gasteiger partial charge in [0.25, 0.3) is 0 Å². The first kappa shape index (κ1) is 22.5. The van der Waals surface area contributed by atoms with Crippen molar-refractivity contribution >= 4 is 11.6 Å². The zero-order valence-electron chi connectivity index (χ0n) is 17.3. The summed E-state index contributed by atoms with van der Waals surface area (Å²) in [5.74, 6) is 0.557. The maximum atomic E-state index is 7.32. The molecule has 150 valence electrons. The number of benzene rings is 2. The molecule has 2 nitrogen and oxygen atoms in total. The molecule has 1 saturated carbocycles. The second-order valence-electron chi connectivity index (χ2n) is 7.70. The van der Waals surface area contributed by atoms with Crippen LogP contribution < -0.4 is 0 Å². The Hall–Kier alpha value is -1.82. The van der Waals surface area contributed by atoms with Crippen LogP contribution in [0.1, 0.15) is 61.6 Å². The lowest BCUT2D eigenvalue weighted by Crippen LogP contribution is -2.19. The van der Waals surface area contributed by atoms with Crippen molar-refractivity contribution in [1.29, 1.82) is 5.26 Å². The Morgan fingerprint density at radius 2 is 1.64 bits per heavy atom. The van der Waals surface area contributed by atoms with Crippen molar-refractivity contribution in [3.05, 3.63) is 71.3 Å². The fourth-order valence-corrected chi connectivity index (χ4v) is 4.35. The van der Waals surface area contributed by atoms with Crippen LogP contribution in [0.3, 0.4) is 0 Å². The summed E-state index contributed by atoms with van der Waals surface area (Å²) in [6.07, 6.45) is 7.38. The second kappa shape index (κ2) is 12.6. The van der Waals surface area contributed by atoms with Gasteiger partial charge in [0.15, 0.2) is 0 Å². The van der Waals surface area contributed by atoms with Gasteiger partial charge in [0.05, 0.1) is 6.07 Å². The molecule has 0 spiro atoms. The maximum Gasteiger partial charge on any atom is 0.0587 e. The Morgan fingerprint density at radius 3 is 2.29 bits per heavy atom. The van der Waals surface area contributed by atoms with Gasteiger partial charge >= 0.3 is 0 Å². The van der Waals surface area contributed by atoms with Crippen LogP contribution in [-0.2, 0) is 13.0 Å². The molecular formula is C25H33ClN2. The van der Waals surface area contributed by atoms with E-state index in [0.717, 1.165) is 19.5 Å². The van der Waals surface area contributed by atoms with Crippen LogP contribution in [0, 0.1) is 11.3 Å². The minimum atomic E-state index is 0.325. The van der Waals surface area contributed by atoms with Gasteiger partial charge in [-0.1, -0.05) is 67.4 Å². The van der Waals surface area contributed by atoms with Crippen molar-refractivity contribution in [2.75, 3.05) is 13.6 Å². The number of rotatable bonds is 7. The van der Waals surface area contributed by atoms with Crippen LogP contribution >= 0.6 is 11.6 Å². The summed E-state index contributed by atoms with van der Waals surface area (Å²) >= 11 is 6.54. The molecule has 0 aliphatic heterocycles. The molecular weight excluding hydrogens is 364 g/mol. The Labute approximate surface area is 176 Å². The van der Waals surface area contributed by atoms with E-state index in [1.807, 2.05) is 0 Å². The molecule has 0 saturated heterocycles. The monoisotopic (exact) mass is 396 g/mol. The number of hydrogen-bond acceptors (Lipinski definition) is 2. The third-order valence-corrected chi connectivity index (χ3v) is 5.91. The highest BCUT2D eigenvalue weighted by Gasteiger charge is 2.24. The zero-order chi connectivity index (χ0) is 20.2. The molecule has 0 radical (unpaired) electrons. The summed E-state index contributed by atoms with van der Waals surface area (Å²) in [7, 11) is 2.21. The highest BCUT2D eigenvalue weighted by Crippen LogP contribution is 2.36. The molecule has 1 aliphatic rings. The van der Waals surface area contributed by atoms with Crippen molar-refractivity contribution in [2.24, 2.45) is 0 Å². The number of aryl methyl sites for hydroxylation is 1. The van der Waals surface area contributed by atoms with Crippen LogP contribution in [0.2, 0.25) is 0 Å². The smallest absolute Gasteiger partial charge is 0.0587 e. The lowest BCUT2D eigenvalue weighted by molar-refractivity contribution is 0.322. The standard InChI is InChI=1S/C23H30ClN.C2H3N/c1-25(18-20-8-3-2-4-9-20)17-7-10-19-13-15-21(16-14-19)22-11-5-6-12-23(22)24;1-2-3/h2-4,8-9,13-16,22-23H,5-7,10-12,17-18H2,1H3;1H3. The first-order chi connectivity index (χ1) is 13.6. The number of nitriles is 1. The normalized spacial score (nSPS) is 18.8. The van der Waals surface area contributed by atoms with Crippen LogP contribution in [0.15, 0.2) is 54.6 Å². The summed E-state index contributed by atoms with van der Waals surface area (Å²) in [6, 6.07) is 21.7. The van der Waals surface area contributed by atoms with E-state index in [-0.39, 0.29) is 0 Å². The van der Waals surface area contributed by atoms with Gasteiger partial charge in [-0.2, -0.15) is 5.26 Å². The predicted molar refractivity (Wildman–Crippen MR) is 120 cm³/mol. The molecule has 0 N–H and O–H groups in total. The zero-order valence-corrected chi connectivity index (χ0v) is 18.0. The molecule has 0 bridgehead atoms. The van der Waals surface area contributed by atoms with Crippen LogP contribution in [-0.4, -0.2) is 23.9 Å². The molecule has 28 heavy (non-hydrogen) atoms. The second-order valence-corrected chi connectivity index (χ2v) is 8.26. The Morgan fingerprint density at radius 1 is 1.00 bits per heavy atom. The van der Waals surface area contributed by atoms with Gasteiger partial charge < -0.3 is 4.90 Å². The fraction of sp³-hybridized carbons (Fsp3) is 0.480. The van der Waals surface area contributed by atoms with Crippen molar-refractivity contribution < 1.29 is 0 Å². The Bertz CT molecular complexity index is 706. The van der Waals surface area contributed by atoms with Gasteiger partial charge in [0.2, 0.25) is 0 Å². The van der Waals surface area contributed by atoms with Gasteiger partial charge in [-0.3, -0.25) is 0 Å². The van der Waals surface area contributed by atoms with Crippen molar-refractivity contribution in [1.82, 2.24) is 4.90 Å². The number of alkyl halides is 1.